The van der Waals surface area contributed by atoms with Crippen LogP contribution in [-0.4, -0.2) is 47.3 Å². The molecule has 0 saturated carbocycles. The second-order valence-electron chi connectivity index (χ2n) is 8.69. The molecule has 0 spiro atoms. The molecular weight excluding hydrogens is 398 g/mol. The largest absolute Gasteiger partial charge is 0.368 e. The van der Waals surface area contributed by atoms with Gasteiger partial charge in [0.25, 0.3) is 0 Å². The molecule has 1 aliphatic rings. The highest BCUT2D eigenvalue weighted by Crippen LogP contribution is 2.27. The second kappa shape index (κ2) is 9.03. The number of carbonyl (C=O) groups excluding carboxylic acids is 2. The van der Waals surface area contributed by atoms with Gasteiger partial charge in [0.05, 0.1) is 0 Å². The minimum atomic E-state index is 0.0213. The molecule has 2 heterocycles. The zero-order valence-electron chi connectivity index (χ0n) is 19.4. The molecule has 5 heteroatoms. The predicted octanol–water partition coefficient (Wildman–Crippen LogP) is 4.63. The van der Waals surface area contributed by atoms with Crippen LogP contribution >= 0.6 is 0 Å². The van der Waals surface area contributed by atoms with Crippen molar-refractivity contribution in [3.05, 3.63) is 77.0 Å². The SMILES string of the molecule is CC(=O)c1cc(-c2ccccc2)n(CC(=O)N2CCN(c3cc(C)ccc3C)CC2)c1C. The Morgan fingerprint density at radius 2 is 1.56 bits per heavy atom. The van der Waals surface area contributed by atoms with Gasteiger partial charge in [-0.2, -0.15) is 0 Å². The van der Waals surface area contributed by atoms with E-state index in [0.29, 0.717) is 18.7 Å². The van der Waals surface area contributed by atoms with Crippen LogP contribution in [0.2, 0.25) is 0 Å². The van der Waals surface area contributed by atoms with Crippen LogP contribution in [0.25, 0.3) is 11.3 Å². The molecule has 0 aliphatic carbocycles. The van der Waals surface area contributed by atoms with Crippen LogP contribution < -0.4 is 4.90 Å². The van der Waals surface area contributed by atoms with Crippen LogP contribution in [0.3, 0.4) is 0 Å². The normalized spacial score (nSPS) is 14.0. The first-order valence-corrected chi connectivity index (χ1v) is 11.2. The van der Waals surface area contributed by atoms with E-state index in [4.69, 9.17) is 0 Å². The van der Waals surface area contributed by atoms with Gasteiger partial charge in [0.1, 0.15) is 6.54 Å². The summed E-state index contributed by atoms with van der Waals surface area (Å²) in [6, 6.07) is 18.4. The summed E-state index contributed by atoms with van der Waals surface area (Å²) in [5, 5.41) is 0. The van der Waals surface area contributed by atoms with Crippen LogP contribution in [0.1, 0.15) is 34.1 Å². The van der Waals surface area contributed by atoms with E-state index in [9.17, 15) is 9.59 Å². The van der Waals surface area contributed by atoms with Gasteiger partial charge in [0.15, 0.2) is 5.78 Å². The third-order valence-electron chi connectivity index (χ3n) is 6.45. The third-order valence-corrected chi connectivity index (χ3v) is 6.45. The van der Waals surface area contributed by atoms with Crippen molar-refractivity contribution in [2.24, 2.45) is 0 Å². The Bertz CT molecular complexity index is 1140. The number of piperazine rings is 1. The van der Waals surface area contributed by atoms with Gasteiger partial charge in [-0.25, -0.2) is 0 Å². The zero-order valence-corrected chi connectivity index (χ0v) is 19.4. The van der Waals surface area contributed by atoms with Gasteiger partial charge in [0.2, 0.25) is 5.91 Å². The standard InChI is InChI=1S/C27H31N3O2/c1-19-10-11-20(2)25(16-19)28-12-14-29(15-13-28)27(32)18-30-21(3)24(22(4)31)17-26(30)23-8-6-5-7-9-23/h5-11,16-17H,12-15,18H2,1-4H3. The number of hydrogen-bond donors (Lipinski definition) is 0. The number of hydrogen-bond acceptors (Lipinski definition) is 3. The Kier molecular flexibility index (Phi) is 6.17. The Balaban J connectivity index is 1.51. The molecule has 166 valence electrons. The van der Waals surface area contributed by atoms with Gasteiger partial charge in [0, 0.05) is 48.8 Å². The lowest BCUT2D eigenvalue weighted by Crippen LogP contribution is -2.49. The second-order valence-corrected chi connectivity index (χ2v) is 8.69. The van der Waals surface area contributed by atoms with Crippen LogP contribution in [0.4, 0.5) is 5.69 Å². The van der Waals surface area contributed by atoms with Crippen LogP contribution in [0.15, 0.2) is 54.6 Å². The van der Waals surface area contributed by atoms with Crippen LogP contribution in [0, 0.1) is 20.8 Å². The zero-order chi connectivity index (χ0) is 22.8. The van der Waals surface area contributed by atoms with Crippen molar-refractivity contribution in [2.45, 2.75) is 34.2 Å². The van der Waals surface area contributed by atoms with Crippen molar-refractivity contribution in [3.8, 4) is 11.3 Å². The number of benzene rings is 2. The number of amides is 1. The lowest BCUT2D eigenvalue weighted by molar-refractivity contribution is -0.132. The molecule has 5 nitrogen and oxygen atoms in total. The number of Topliss-reactive ketones (excluding diaryl/α,β-unsaturated/α-hetero) is 1. The number of anilines is 1. The summed E-state index contributed by atoms with van der Waals surface area (Å²) in [4.78, 5) is 29.7. The monoisotopic (exact) mass is 429 g/mol. The first-order chi connectivity index (χ1) is 15.3. The van der Waals surface area contributed by atoms with Crippen molar-refractivity contribution in [3.63, 3.8) is 0 Å². The quantitative estimate of drug-likeness (QED) is 0.556. The van der Waals surface area contributed by atoms with E-state index in [0.717, 1.165) is 30.0 Å². The fourth-order valence-corrected chi connectivity index (χ4v) is 4.55. The van der Waals surface area contributed by atoms with E-state index in [1.165, 1.54) is 16.8 Å². The molecule has 1 aromatic heterocycles. The molecule has 2 aromatic carbocycles. The van der Waals surface area contributed by atoms with Crippen molar-refractivity contribution < 1.29 is 9.59 Å². The number of ketones is 1. The van der Waals surface area contributed by atoms with Crippen molar-refractivity contribution in [2.75, 3.05) is 31.1 Å². The maximum Gasteiger partial charge on any atom is 0.242 e. The fraction of sp³-hybridized carbons (Fsp3) is 0.333. The van der Waals surface area contributed by atoms with E-state index < -0.39 is 0 Å². The molecule has 3 aromatic rings. The molecule has 0 N–H and O–H groups in total. The lowest BCUT2D eigenvalue weighted by Gasteiger charge is -2.37. The minimum absolute atomic E-state index is 0.0213. The highest BCUT2D eigenvalue weighted by molar-refractivity contribution is 5.97. The average Bonchev–Trinajstić information content (AvgIpc) is 3.12. The van der Waals surface area contributed by atoms with Crippen molar-refractivity contribution in [1.82, 2.24) is 9.47 Å². The molecule has 32 heavy (non-hydrogen) atoms. The van der Waals surface area contributed by atoms with Gasteiger partial charge in [-0.3, -0.25) is 9.59 Å². The molecule has 1 fully saturated rings. The van der Waals surface area contributed by atoms with Gasteiger partial charge >= 0.3 is 0 Å². The van der Waals surface area contributed by atoms with E-state index in [1.807, 2.05) is 52.8 Å². The summed E-state index contributed by atoms with van der Waals surface area (Å²) in [5.41, 5.74) is 7.22. The van der Waals surface area contributed by atoms with Gasteiger partial charge in [-0.05, 0) is 56.5 Å². The van der Waals surface area contributed by atoms with Crippen molar-refractivity contribution >= 4 is 17.4 Å². The minimum Gasteiger partial charge on any atom is -0.368 e. The number of aryl methyl sites for hydroxylation is 2. The highest BCUT2D eigenvalue weighted by atomic mass is 16.2. The maximum absolute atomic E-state index is 13.2. The average molecular weight is 430 g/mol. The number of nitrogens with zero attached hydrogens (tertiary/aromatic N) is 3. The van der Waals surface area contributed by atoms with Gasteiger partial charge in [-0.1, -0.05) is 42.5 Å². The molecular formula is C27H31N3O2. The Labute approximate surface area is 190 Å². The fourth-order valence-electron chi connectivity index (χ4n) is 4.55. The lowest BCUT2D eigenvalue weighted by atomic mass is 10.1. The van der Waals surface area contributed by atoms with E-state index in [-0.39, 0.29) is 18.2 Å². The first-order valence-electron chi connectivity index (χ1n) is 11.2. The molecule has 1 amide bonds. The topological polar surface area (TPSA) is 45.6 Å². The molecule has 1 aliphatic heterocycles. The summed E-state index contributed by atoms with van der Waals surface area (Å²) < 4.78 is 1.99. The number of aromatic nitrogens is 1. The molecule has 4 rings (SSSR count). The molecule has 0 atom stereocenters. The third kappa shape index (κ3) is 4.33. The van der Waals surface area contributed by atoms with Gasteiger partial charge in [-0.15, -0.1) is 0 Å². The van der Waals surface area contributed by atoms with Crippen LogP contribution in [-0.2, 0) is 11.3 Å². The molecule has 0 unspecified atom stereocenters. The number of rotatable bonds is 5. The Morgan fingerprint density at radius 1 is 0.875 bits per heavy atom. The number of carbonyl (C=O) groups is 2. The summed E-state index contributed by atoms with van der Waals surface area (Å²) in [5.74, 6) is 0.115. The van der Waals surface area contributed by atoms with E-state index in [1.54, 1.807) is 6.92 Å². The predicted molar refractivity (Wildman–Crippen MR) is 129 cm³/mol. The summed E-state index contributed by atoms with van der Waals surface area (Å²) in [6.07, 6.45) is 0. The van der Waals surface area contributed by atoms with E-state index >= 15 is 0 Å². The van der Waals surface area contributed by atoms with Crippen LogP contribution in [0.5, 0.6) is 0 Å². The summed E-state index contributed by atoms with van der Waals surface area (Å²) in [6.45, 7) is 11.0. The van der Waals surface area contributed by atoms with E-state index in [2.05, 4.69) is 36.9 Å². The Hall–Kier alpha value is -3.34. The smallest absolute Gasteiger partial charge is 0.242 e. The summed E-state index contributed by atoms with van der Waals surface area (Å²) in [7, 11) is 0. The summed E-state index contributed by atoms with van der Waals surface area (Å²) >= 11 is 0. The maximum atomic E-state index is 13.2. The van der Waals surface area contributed by atoms with Crippen molar-refractivity contribution in [1.29, 1.82) is 0 Å². The highest BCUT2D eigenvalue weighted by Gasteiger charge is 2.24. The molecule has 0 radical (unpaired) electrons. The molecule has 0 bridgehead atoms. The van der Waals surface area contributed by atoms with Gasteiger partial charge < -0.3 is 14.4 Å². The molecule has 1 saturated heterocycles. The first kappa shape index (κ1) is 21.9. The Morgan fingerprint density at radius 3 is 2.22 bits per heavy atom.